The monoisotopic (exact) mass is 562 g/mol. The summed E-state index contributed by atoms with van der Waals surface area (Å²) in [5, 5.41) is 11.1. The Kier molecular flexibility index (Phi) is 5.18. The number of amides is 2. The molecule has 0 aliphatic carbocycles. The van der Waals surface area contributed by atoms with Crippen molar-refractivity contribution >= 4 is 68.8 Å². The molecule has 2 aromatic rings. The van der Waals surface area contributed by atoms with Crippen LogP contribution in [-0.2, 0) is 9.59 Å². The molecule has 0 aromatic heterocycles. The number of methoxy groups -OCH3 is 1. The van der Waals surface area contributed by atoms with E-state index < -0.39 is 11.8 Å². The number of aromatic hydroxyl groups is 1. The van der Waals surface area contributed by atoms with Crippen molar-refractivity contribution in [1.82, 2.24) is 5.43 Å². The second-order valence-electron chi connectivity index (χ2n) is 5.17. The Morgan fingerprint density at radius 3 is 2.48 bits per heavy atom. The van der Waals surface area contributed by atoms with Crippen LogP contribution in [0.4, 0.5) is 5.69 Å². The average Bonchev–Trinajstić information content (AvgIpc) is 2.86. The Morgan fingerprint density at radius 2 is 1.84 bits per heavy atom. The van der Waals surface area contributed by atoms with Crippen molar-refractivity contribution in [1.29, 1.82) is 0 Å². The maximum Gasteiger partial charge on any atom is 0.282 e. The quantitative estimate of drug-likeness (QED) is 0.343. The van der Waals surface area contributed by atoms with E-state index in [9.17, 15) is 14.7 Å². The van der Waals surface area contributed by atoms with Crippen molar-refractivity contribution in [2.75, 3.05) is 12.1 Å². The van der Waals surface area contributed by atoms with Crippen LogP contribution in [0.5, 0.6) is 11.5 Å². The smallest absolute Gasteiger partial charge is 0.282 e. The molecule has 0 spiro atoms. The van der Waals surface area contributed by atoms with Crippen LogP contribution in [0.25, 0.3) is 6.08 Å². The molecule has 0 atom stereocenters. The highest BCUT2D eigenvalue weighted by Gasteiger charge is 2.34. The van der Waals surface area contributed by atoms with Gasteiger partial charge in [-0.05, 0) is 93.2 Å². The fourth-order valence-electron chi connectivity index (χ4n) is 2.33. The molecule has 0 bridgehead atoms. The topological polar surface area (TPSA) is 78.9 Å². The number of hydrogen-bond acceptors (Lipinski definition) is 4. The van der Waals surface area contributed by atoms with Gasteiger partial charge < -0.3 is 9.84 Å². The van der Waals surface area contributed by atoms with E-state index in [0.717, 1.165) is 3.57 Å². The molecular formula is C17H12I2N2O4. The highest BCUT2D eigenvalue weighted by Crippen LogP contribution is 2.33. The first-order valence-corrected chi connectivity index (χ1v) is 9.25. The molecule has 8 heteroatoms. The van der Waals surface area contributed by atoms with Gasteiger partial charge in [-0.3, -0.25) is 15.0 Å². The molecule has 1 aliphatic heterocycles. The van der Waals surface area contributed by atoms with Crippen LogP contribution in [0.1, 0.15) is 5.56 Å². The molecule has 1 saturated heterocycles. The van der Waals surface area contributed by atoms with E-state index in [-0.39, 0.29) is 17.1 Å². The summed E-state index contributed by atoms with van der Waals surface area (Å²) in [6, 6.07) is 10.5. The summed E-state index contributed by atoms with van der Waals surface area (Å²) in [6.45, 7) is 0. The van der Waals surface area contributed by atoms with Crippen LogP contribution < -0.4 is 15.2 Å². The molecule has 2 aromatic carbocycles. The van der Waals surface area contributed by atoms with Gasteiger partial charge in [0, 0.05) is 3.57 Å². The molecule has 1 heterocycles. The van der Waals surface area contributed by atoms with E-state index >= 15 is 0 Å². The number of carbonyl (C=O) groups is 2. The second-order valence-corrected chi connectivity index (χ2v) is 7.58. The minimum atomic E-state index is -0.481. The van der Waals surface area contributed by atoms with Gasteiger partial charge >= 0.3 is 0 Å². The minimum Gasteiger partial charge on any atom is -0.504 e. The number of phenols is 1. The SMILES string of the molecule is COc1cc(C=C2C(=O)NN(c3ccc(I)cc3)C2=O)cc(I)c1O. The number of anilines is 1. The molecule has 2 N–H and O–H groups in total. The molecule has 0 saturated carbocycles. The fraction of sp³-hybridized carbons (Fsp3) is 0.0588. The van der Waals surface area contributed by atoms with E-state index in [1.54, 1.807) is 24.3 Å². The van der Waals surface area contributed by atoms with Gasteiger partial charge in [-0.2, -0.15) is 0 Å². The van der Waals surface area contributed by atoms with Gasteiger partial charge in [-0.1, -0.05) is 0 Å². The van der Waals surface area contributed by atoms with Crippen LogP contribution in [0.15, 0.2) is 42.0 Å². The number of phenolic OH excluding ortho intramolecular Hbond substituents is 1. The first-order chi connectivity index (χ1) is 11.9. The van der Waals surface area contributed by atoms with Crippen LogP contribution >= 0.6 is 45.2 Å². The van der Waals surface area contributed by atoms with Gasteiger partial charge in [0.05, 0.1) is 16.4 Å². The largest absolute Gasteiger partial charge is 0.504 e. The first kappa shape index (κ1) is 18.0. The molecule has 1 aliphatic rings. The number of halogens is 2. The third-order valence-electron chi connectivity index (χ3n) is 3.56. The van der Waals surface area contributed by atoms with Crippen LogP contribution in [0.2, 0.25) is 0 Å². The van der Waals surface area contributed by atoms with Crippen molar-refractivity contribution in [2.24, 2.45) is 0 Å². The highest BCUT2D eigenvalue weighted by molar-refractivity contribution is 14.1. The Labute approximate surface area is 171 Å². The summed E-state index contributed by atoms with van der Waals surface area (Å²) in [7, 11) is 1.44. The van der Waals surface area contributed by atoms with Gasteiger partial charge in [-0.25, -0.2) is 5.01 Å². The summed E-state index contributed by atoms with van der Waals surface area (Å²) in [6.07, 6.45) is 1.48. The normalized spacial score (nSPS) is 15.6. The first-order valence-electron chi connectivity index (χ1n) is 7.10. The summed E-state index contributed by atoms with van der Waals surface area (Å²) >= 11 is 4.12. The van der Waals surface area contributed by atoms with E-state index in [0.29, 0.717) is 14.8 Å². The molecule has 0 unspecified atom stereocenters. The Hall–Kier alpha value is -1.82. The van der Waals surface area contributed by atoms with Crippen LogP contribution in [0.3, 0.4) is 0 Å². The molecular weight excluding hydrogens is 550 g/mol. The number of nitrogens with zero attached hydrogens (tertiary/aromatic N) is 1. The third kappa shape index (κ3) is 3.59. The summed E-state index contributed by atoms with van der Waals surface area (Å²) in [4.78, 5) is 24.8. The fourth-order valence-corrected chi connectivity index (χ4v) is 3.31. The summed E-state index contributed by atoms with van der Waals surface area (Å²) < 4.78 is 6.69. The number of ether oxygens (including phenoxy) is 1. The highest BCUT2D eigenvalue weighted by atomic mass is 127. The van der Waals surface area contributed by atoms with Gasteiger partial charge in [0.1, 0.15) is 5.57 Å². The Bertz CT molecular complexity index is 894. The summed E-state index contributed by atoms with van der Waals surface area (Å²) in [5.41, 5.74) is 3.74. The molecule has 0 radical (unpaired) electrons. The van der Waals surface area contributed by atoms with Crippen LogP contribution in [-0.4, -0.2) is 24.0 Å². The predicted molar refractivity (Wildman–Crippen MR) is 110 cm³/mol. The second kappa shape index (κ2) is 7.20. The number of hydrogen-bond donors (Lipinski definition) is 2. The lowest BCUT2D eigenvalue weighted by Gasteiger charge is -2.14. The zero-order valence-electron chi connectivity index (χ0n) is 12.9. The Balaban J connectivity index is 1.96. The van der Waals surface area contributed by atoms with Gasteiger partial charge in [0.25, 0.3) is 11.8 Å². The third-order valence-corrected chi connectivity index (χ3v) is 5.10. The van der Waals surface area contributed by atoms with Crippen molar-refractivity contribution in [3.63, 3.8) is 0 Å². The van der Waals surface area contributed by atoms with Crippen LogP contribution in [0, 0.1) is 7.14 Å². The number of carbonyl (C=O) groups excluding carboxylic acids is 2. The van der Waals surface area contributed by atoms with Gasteiger partial charge in [0.2, 0.25) is 0 Å². The van der Waals surface area contributed by atoms with E-state index in [1.165, 1.54) is 18.2 Å². The zero-order chi connectivity index (χ0) is 18.1. The maximum absolute atomic E-state index is 12.6. The number of nitrogens with one attached hydrogen (secondary N) is 1. The minimum absolute atomic E-state index is 0.0158. The number of hydrazine groups is 1. The van der Waals surface area contributed by atoms with E-state index in [4.69, 9.17) is 4.74 Å². The summed E-state index contributed by atoms with van der Waals surface area (Å²) in [5.74, 6) is -0.620. The van der Waals surface area contributed by atoms with Crippen molar-refractivity contribution in [3.8, 4) is 11.5 Å². The predicted octanol–water partition coefficient (Wildman–Crippen LogP) is 3.07. The van der Waals surface area contributed by atoms with Crippen molar-refractivity contribution in [2.45, 2.75) is 0 Å². The molecule has 25 heavy (non-hydrogen) atoms. The lowest BCUT2D eigenvalue weighted by molar-refractivity contribution is -0.117. The molecule has 1 fully saturated rings. The number of benzene rings is 2. The van der Waals surface area contributed by atoms with Gasteiger partial charge in [-0.15, -0.1) is 0 Å². The van der Waals surface area contributed by atoms with Crippen molar-refractivity contribution in [3.05, 3.63) is 54.7 Å². The van der Waals surface area contributed by atoms with E-state index in [2.05, 4.69) is 28.0 Å². The molecule has 3 rings (SSSR count). The lowest BCUT2D eigenvalue weighted by Crippen LogP contribution is -2.35. The molecule has 2 amide bonds. The van der Waals surface area contributed by atoms with E-state index in [1.807, 2.05) is 34.7 Å². The van der Waals surface area contributed by atoms with Crippen molar-refractivity contribution < 1.29 is 19.4 Å². The molecule has 128 valence electrons. The maximum atomic E-state index is 12.6. The Morgan fingerprint density at radius 1 is 1.16 bits per heavy atom. The standard InChI is InChI=1S/C17H12I2N2O4/c1-25-14-8-9(7-13(19)15(14)22)6-12-16(23)20-21(17(12)24)11-4-2-10(18)3-5-11/h2-8,22H,1H3,(H,20,23). The van der Waals surface area contributed by atoms with Gasteiger partial charge in [0.15, 0.2) is 11.5 Å². The number of rotatable bonds is 3. The zero-order valence-corrected chi connectivity index (χ0v) is 17.2. The molecule has 6 nitrogen and oxygen atoms in total. The lowest BCUT2D eigenvalue weighted by atomic mass is 10.1. The average molecular weight is 562 g/mol.